The van der Waals surface area contributed by atoms with Crippen LogP contribution in [0.2, 0.25) is 0 Å². The van der Waals surface area contributed by atoms with Gasteiger partial charge in [0.15, 0.2) is 0 Å². The number of hydrogen-bond acceptors (Lipinski definition) is 4. The van der Waals surface area contributed by atoms with Crippen LogP contribution >= 0.6 is 0 Å². The Labute approximate surface area is 169 Å². The Bertz CT molecular complexity index is 909. The average molecular weight is 395 g/mol. The van der Waals surface area contributed by atoms with Gasteiger partial charge in [-0.25, -0.2) is 0 Å². The Kier molecular flexibility index (Phi) is 6.16. The van der Waals surface area contributed by atoms with E-state index in [0.29, 0.717) is 11.3 Å². The first-order valence-electron chi connectivity index (χ1n) is 9.53. The van der Waals surface area contributed by atoms with Gasteiger partial charge in [-0.05, 0) is 35.7 Å². The highest BCUT2D eigenvalue weighted by molar-refractivity contribution is 6.10. The van der Waals surface area contributed by atoms with Crippen molar-refractivity contribution in [3.63, 3.8) is 0 Å². The minimum absolute atomic E-state index is 0.133. The number of rotatable bonds is 6. The molecule has 1 heterocycles. The fourth-order valence-electron chi connectivity index (χ4n) is 3.32. The second-order valence-corrected chi connectivity index (χ2v) is 7.33. The molecule has 7 heteroatoms. The molecule has 1 aliphatic heterocycles. The SMILES string of the molecule is COc1ccc(C(NC(=O)CC2NC(=O)c3ccccc3NC2=O)C(C)C)cc1. The first kappa shape index (κ1) is 20.4. The largest absolute Gasteiger partial charge is 0.497 e. The number of carbonyl (C=O) groups excluding carboxylic acids is 3. The van der Waals surface area contributed by atoms with Crippen molar-refractivity contribution < 1.29 is 19.1 Å². The molecule has 2 unspecified atom stereocenters. The maximum atomic E-state index is 12.7. The molecule has 0 aliphatic carbocycles. The number of para-hydroxylation sites is 1. The summed E-state index contributed by atoms with van der Waals surface area (Å²) in [7, 11) is 1.60. The molecule has 0 fully saturated rings. The predicted octanol–water partition coefficient (Wildman–Crippen LogP) is 2.65. The van der Waals surface area contributed by atoms with Gasteiger partial charge in [0, 0.05) is 0 Å². The summed E-state index contributed by atoms with van der Waals surface area (Å²) in [4.78, 5) is 37.6. The molecule has 2 aromatic carbocycles. The number of ether oxygens (including phenoxy) is 1. The van der Waals surface area contributed by atoms with E-state index in [0.717, 1.165) is 11.3 Å². The zero-order chi connectivity index (χ0) is 21.0. The highest BCUT2D eigenvalue weighted by Gasteiger charge is 2.30. The molecule has 1 aliphatic rings. The zero-order valence-corrected chi connectivity index (χ0v) is 16.7. The molecule has 0 aromatic heterocycles. The Morgan fingerprint density at radius 2 is 1.79 bits per heavy atom. The summed E-state index contributed by atoms with van der Waals surface area (Å²) >= 11 is 0. The van der Waals surface area contributed by atoms with Gasteiger partial charge in [0.1, 0.15) is 11.8 Å². The second-order valence-electron chi connectivity index (χ2n) is 7.33. The number of fused-ring (bicyclic) bond motifs is 1. The van der Waals surface area contributed by atoms with Gasteiger partial charge >= 0.3 is 0 Å². The number of hydrogen-bond donors (Lipinski definition) is 3. The van der Waals surface area contributed by atoms with Crippen LogP contribution < -0.4 is 20.7 Å². The maximum Gasteiger partial charge on any atom is 0.254 e. The zero-order valence-electron chi connectivity index (χ0n) is 16.7. The van der Waals surface area contributed by atoms with Crippen LogP contribution in [-0.4, -0.2) is 30.9 Å². The number of benzene rings is 2. The third kappa shape index (κ3) is 4.74. The van der Waals surface area contributed by atoms with E-state index in [4.69, 9.17) is 4.74 Å². The normalized spacial score (nSPS) is 16.9. The van der Waals surface area contributed by atoms with Crippen LogP contribution in [0.25, 0.3) is 0 Å². The maximum absolute atomic E-state index is 12.7. The highest BCUT2D eigenvalue weighted by Crippen LogP contribution is 2.24. The number of methoxy groups -OCH3 is 1. The standard InChI is InChI=1S/C22H25N3O4/c1-13(2)20(14-8-10-15(29-3)11-9-14)25-19(26)12-18-22(28)23-17-7-5-4-6-16(17)21(27)24-18/h4-11,13,18,20H,12H2,1-3H3,(H,23,28)(H,24,27)(H,25,26). The van der Waals surface area contributed by atoms with Gasteiger partial charge in [0.25, 0.3) is 5.91 Å². The summed E-state index contributed by atoms with van der Waals surface area (Å²) in [5.74, 6) is -0.239. The molecular formula is C22H25N3O4. The minimum atomic E-state index is -0.946. The predicted molar refractivity (Wildman–Crippen MR) is 110 cm³/mol. The fraction of sp³-hybridized carbons (Fsp3) is 0.318. The van der Waals surface area contributed by atoms with Gasteiger partial charge in [-0.2, -0.15) is 0 Å². The quantitative estimate of drug-likeness (QED) is 0.701. The van der Waals surface area contributed by atoms with Crippen LogP contribution in [0.15, 0.2) is 48.5 Å². The monoisotopic (exact) mass is 395 g/mol. The van der Waals surface area contributed by atoms with Crippen molar-refractivity contribution in [1.29, 1.82) is 0 Å². The lowest BCUT2D eigenvalue weighted by Gasteiger charge is -2.24. The molecule has 3 rings (SSSR count). The third-order valence-corrected chi connectivity index (χ3v) is 4.90. The minimum Gasteiger partial charge on any atom is -0.497 e. The van der Waals surface area contributed by atoms with E-state index >= 15 is 0 Å². The number of amides is 3. The fourth-order valence-corrected chi connectivity index (χ4v) is 3.32. The number of carbonyl (C=O) groups is 3. The molecule has 7 nitrogen and oxygen atoms in total. The molecule has 29 heavy (non-hydrogen) atoms. The van der Waals surface area contributed by atoms with Crippen molar-refractivity contribution >= 4 is 23.4 Å². The van der Waals surface area contributed by atoms with Gasteiger partial charge < -0.3 is 20.7 Å². The van der Waals surface area contributed by atoms with Gasteiger partial charge in [-0.3, -0.25) is 14.4 Å². The Hall–Kier alpha value is -3.35. The molecule has 152 valence electrons. The molecule has 3 amide bonds. The molecule has 3 N–H and O–H groups in total. The summed E-state index contributed by atoms with van der Waals surface area (Å²) in [6.07, 6.45) is -0.148. The first-order valence-corrected chi connectivity index (χ1v) is 9.53. The molecule has 0 radical (unpaired) electrons. The van der Waals surface area contributed by atoms with Crippen molar-refractivity contribution in [1.82, 2.24) is 10.6 Å². The second kappa shape index (κ2) is 8.77. The molecule has 0 saturated heterocycles. The topological polar surface area (TPSA) is 96.5 Å². The molecule has 0 saturated carbocycles. The van der Waals surface area contributed by atoms with Gasteiger partial charge in [0.2, 0.25) is 11.8 Å². The van der Waals surface area contributed by atoms with E-state index in [-0.39, 0.29) is 30.2 Å². The van der Waals surface area contributed by atoms with E-state index in [1.54, 1.807) is 31.4 Å². The summed E-state index contributed by atoms with van der Waals surface area (Å²) in [5, 5.41) is 8.34. The summed E-state index contributed by atoms with van der Waals surface area (Å²) in [6, 6.07) is 13.1. The van der Waals surface area contributed by atoms with Crippen molar-refractivity contribution in [2.75, 3.05) is 12.4 Å². The highest BCUT2D eigenvalue weighted by atomic mass is 16.5. The van der Waals surface area contributed by atoms with Crippen LogP contribution in [0, 0.1) is 5.92 Å². The Balaban J connectivity index is 1.70. The van der Waals surface area contributed by atoms with E-state index in [2.05, 4.69) is 16.0 Å². The number of nitrogens with one attached hydrogen (secondary N) is 3. The van der Waals surface area contributed by atoms with Crippen LogP contribution in [0.3, 0.4) is 0 Å². The molecule has 2 aromatic rings. The molecule has 2 atom stereocenters. The van der Waals surface area contributed by atoms with Crippen molar-refractivity contribution in [3.05, 3.63) is 59.7 Å². The van der Waals surface area contributed by atoms with E-state index in [9.17, 15) is 14.4 Å². The van der Waals surface area contributed by atoms with Gasteiger partial charge in [-0.1, -0.05) is 38.1 Å². The van der Waals surface area contributed by atoms with Crippen molar-refractivity contribution in [2.45, 2.75) is 32.4 Å². The van der Waals surface area contributed by atoms with Crippen molar-refractivity contribution in [3.8, 4) is 5.75 Å². The van der Waals surface area contributed by atoms with Crippen LogP contribution in [0.1, 0.15) is 42.2 Å². The lowest BCUT2D eigenvalue weighted by Crippen LogP contribution is -2.45. The number of anilines is 1. The van der Waals surface area contributed by atoms with E-state index in [1.165, 1.54) is 0 Å². The van der Waals surface area contributed by atoms with E-state index < -0.39 is 11.9 Å². The van der Waals surface area contributed by atoms with Crippen molar-refractivity contribution in [2.24, 2.45) is 5.92 Å². The lowest BCUT2D eigenvalue weighted by atomic mass is 9.95. The molecule has 0 bridgehead atoms. The summed E-state index contributed by atoms with van der Waals surface area (Å²) in [6.45, 7) is 4.01. The Morgan fingerprint density at radius 3 is 2.45 bits per heavy atom. The van der Waals surface area contributed by atoms with Gasteiger partial charge in [-0.15, -0.1) is 0 Å². The first-order chi connectivity index (χ1) is 13.9. The summed E-state index contributed by atoms with van der Waals surface area (Å²) in [5.41, 5.74) is 1.76. The molecular weight excluding hydrogens is 370 g/mol. The average Bonchev–Trinajstić information content (AvgIpc) is 2.82. The lowest BCUT2D eigenvalue weighted by molar-refractivity contribution is -0.126. The molecule has 0 spiro atoms. The van der Waals surface area contributed by atoms with Crippen LogP contribution in [-0.2, 0) is 9.59 Å². The van der Waals surface area contributed by atoms with Crippen LogP contribution in [0.5, 0.6) is 5.75 Å². The summed E-state index contributed by atoms with van der Waals surface area (Å²) < 4.78 is 5.18. The Morgan fingerprint density at radius 1 is 1.10 bits per heavy atom. The smallest absolute Gasteiger partial charge is 0.254 e. The van der Waals surface area contributed by atoms with Gasteiger partial charge in [0.05, 0.1) is 30.8 Å². The van der Waals surface area contributed by atoms with E-state index in [1.807, 2.05) is 38.1 Å². The third-order valence-electron chi connectivity index (χ3n) is 4.90. The van der Waals surface area contributed by atoms with Crippen LogP contribution in [0.4, 0.5) is 5.69 Å².